The van der Waals surface area contributed by atoms with Gasteiger partial charge in [0, 0.05) is 25.2 Å². The molecule has 1 N–H and O–H groups in total. The molecule has 148 valence electrons. The highest BCUT2D eigenvalue weighted by Gasteiger charge is 2.46. The number of benzene rings is 1. The van der Waals surface area contributed by atoms with E-state index in [0.29, 0.717) is 18.6 Å². The van der Waals surface area contributed by atoms with E-state index in [1.54, 1.807) is 30.3 Å². The minimum atomic E-state index is -0.778. The Morgan fingerprint density at radius 3 is 2.70 bits per heavy atom. The number of hydrogen-bond donors (Lipinski definition) is 1. The molecule has 5 heteroatoms. The molecule has 2 aliphatic rings. The van der Waals surface area contributed by atoms with Crippen molar-refractivity contribution in [3.8, 4) is 0 Å². The maximum atomic E-state index is 12.4. The number of aliphatic hydroxyl groups is 1. The number of rotatable bonds is 7. The average molecular weight is 374 g/mol. The van der Waals surface area contributed by atoms with Crippen LogP contribution in [0.1, 0.15) is 55.8 Å². The van der Waals surface area contributed by atoms with Gasteiger partial charge in [0.25, 0.3) is 0 Å². The van der Waals surface area contributed by atoms with Crippen LogP contribution in [0.4, 0.5) is 0 Å². The van der Waals surface area contributed by atoms with Crippen LogP contribution in [0.3, 0.4) is 0 Å². The normalized spacial score (nSPS) is 24.9. The van der Waals surface area contributed by atoms with Crippen molar-refractivity contribution in [3.05, 3.63) is 48.6 Å². The molecule has 0 bridgehead atoms. The maximum absolute atomic E-state index is 12.4. The van der Waals surface area contributed by atoms with Crippen molar-refractivity contribution >= 4 is 5.97 Å². The Morgan fingerprint density at radius 1 is 1.33 bits per heavy atom. The van der Waals surface area contributed by atoms with Crippen LogP contribution in [-0.4, -0.2) is 41.8 Å². The van der Waals surface area contributed by atoms with Gasteiger partial charge in [0.2, 0.25) is 0 Å². The molecule has 4 atom stereocenters. The molecule has 1 aromatic carbocycles. The molecule has 1 heterocycles. The zero-order chi connectivity index (χ0) is 19.3. The van der Waals surface area contributed by atoms with E-state index in [1.807, 2.05) is 13.0 Å². The smallest absolute Gasteiger partial charge is 0.338 e. The molecule has 3 rings (SSSR count). The molecule has 27 heavy (non-hydrogen) atoms. The van der Waals surface area contributed by atoms with E-state index < -0.39 is 30.1 Å². The predicted molar refractivity (Wildman–Crippen MR) is 102 cm³/mol. The molecule has 2 fully saturated rings. The van der Waals surface area contributed by atoms with Crippen molar-refractivity contribution in [2.45, 2.75) is 69.5 Å². The van der Waals surface area contributed by atoms with Crippen LogP contribution >= 0.6 is 0 Å². The first-order valence-electron chi connectivity index (χ1n) is 9.91. The molecular weight excluding hydrogens is 344 g/mol. The molecule has 0 amide bonds. The number of aliphatic hydroxyl groups excluding tert-OH is 1. The molecule has 0 radical (unpaired) electrons. The van der Waals surface area contributed by atoms with Crippen molar-refractivity contribution in [3.63, 3.8) is 0 Å². The molecule has 0 unspecified atom stereocenters. The van der Waals surface area contributed by atoms with E-state index in [4.69, 9.17) is 14.2 Å². The molecule has 1 saturated heterocycles. The lowest BCUT2D eigenvalue weighted by atomic mass is 9.91. The summed E-state index contributed by atoms with van der Waals surface area (Å²) in [5, 5.41) is 10.9. The Labute approximate surface area is 161 Å². The second-order valence-corrected chi connectivity index (χ2v) is 7.62. The first-order valence-corrected chi connectivity index (χ1v) is 9.91. The van der Waals surface area contributed by atoms with Gasteiger partial charge in [-0.15, -0.1) is 6.58 Å². The number of esters is 1. The standard InChI is InChI=1S/C22H30O5/c1-3-10-18(26-21(24)17-11-6-4-7-12-17)16(2)20(23)19-15-25-22(27-19)13-8-5-9-14-22/h3-4,6-7,11-12,16,18-20,23H,1,5,8-10,13-15H2,2H3/t16-,18-,19+,20+/m0/s1. The summed E-state index contributed by atoms with van der Waals surface area (Å²) < 4.78 is 17.8. The number of carbonyl (C=O) groups excluding carboxylic acids is 1. The van der Waals surface area contributed by atoms with Crippen LogP contribution in [0.25, 0.3) is 0 Å². The van der Waals surface area contributed by atoms with E-state index in [1.165, 1.54) is 6.42 Å². The van der Waals surface area contributed by atoms with Crippen molar-refractivity contribution in [1.82, 2.24) is 0 Å². The fourth-order valence-corrected chi connectivity index (χ4v) is 3.97. The number of hydrogen-bond acceptors (Lipinski definition) is 5. The van der Waals surface area contributed by atoms with Gasteiger partial charge in [0.15, 0.2) is 5.79 Å². The zero-order valence-corrected chi connectivity index (χ0v) is 16.0. The fraction of sp³-hybridized carbons (Fsp3) is 0.591. The molecule has 1 spiro atoms. The fourth-order valence-electron chi connectivity index (χ4n) is 3.97. The molecule has 0 aromatic heterocycles. The van der Waals surface area contributed by atoms with Crippen LogP contribution in [0.15, 0.2) is 43.0 Å². The predicted octanol–water partition coefficient (Wildman–Crippen LogP) is 3.86. The summed E-state index contributed by atoms with van der Waals surface area (Å²) in [5.74, 6) is -1.23. The first kappa shape index (κ1) is 20.1. The van der Waals surface area contributed by atoms with Crippen molar-refractivity contribution < 1.29 is 24.1 Å². The minimum Gasteiger partial charge on any atom is -0.458 e. The summed E-state index contributed by atoms with van der Waals surface area (Å²) in [4.78, 5) is 12.4. The van der Waals surface area contributed by atoms with Gasteiger partial charge < -0.3 is 19.3 Å². The van der Waals surface area contributed by atoms with Crippen LogP contribution < -0.4 is 0 Å². The third kappa shape index (κ3) is 4.78. The van der Waals surface area contributed by atoms with E-state index in [9.17, 15) is 9.90 Å². The Hall–Kier alpha value is -1.69. The van der Waals surface area contributed by atoms with E-state index in [2.05, 4.69) is 6.58 Å². The van der Waals surface area contributed by atoms with Crippen molar-refractivity contribution in [2.75, 3.05) is 6.61 Å². The van der Waals surface area contributed by atoms with Crippen molar-refractivity contribution in [2.24, 2.45) is 5.92 Å². The first-order chi connectivity index (χ1) is 13.0. The number of ether oxygens (including phenoxy) is 3. The van der Waals surface area contributed by atoms with Crippen molar-refractivity contribution in [1.29, 1.82) is 0 Å². The Morgan fingerprint density at radius 2 is 2.04 bits per heavy atom. The Kier molecular flexibility index (Phi) is 6.68. The molecule has 1 aliphatic carbocycles. The highest BCUT2D eigenvalue weighted by atomic mass is 16.7. The summed E-state index contributed by atoms with van der Waals surface area (Å²) in [6.45, 7) is 6.01. The molecular formula is C22H30O5. The van der Waals surface area contributed by atoms with E-state index in [0.717, 1.165) is 25.7 Å². The second-order valence-electron chi connectivity index (χ2n) is 7.62. The SMILES string of the molecule is C=CC[C@H](OC(=O)c1ccccc1)[C@H](C)[C@@H](O)[C@H]1COC2(CCCCC2)O1. The average Bonchev–Trinajstić information content (AvgIpc) is 3.10. The third-order valence-electron chi connectivity index (χ3n) is 5.67. The summed E-state index contributed by atoms with van der Waals surface area (Å²) in [6, 6.07) is 8.88. The highest BCUT2D eigenvalue weighted by Crippen LogP contribution is 2.39. The monoisotopic (exact) mass is 374 g/mol. The van der Waals surface area contributed by atoms with Crippen LogP contribution in [0.2, 0.25) is 0 Å². The summed E-state index contributed by atoms with van der Waals surface area (Å²) in [6.07, 6.45) is 5.66. The highest BCUT2D eigenvalue weighted by molar-refractivity contribution is 5.89. The lowest BCUT2D eigenvalue weighted by molar-refractivity contribution is -0.200. The van der Waals surface area contributed by atoms with Gasteiger partial charge in [0.05, 0.1) is 18.3 Å². The number of carbonyl (C=O) groups is 1. The Balaban J connectivity index is 1.62. The topological polar surface area (TPSA) is 65.0 Å². The second kappa shape index (κ2) is 9.00. The molecule has 1 aliphatic heterocycles. The van der Waals surface area contributed by atoms with E-state index >= 15 is 0 Å². The summed E-state index contributed by atoms with van der Waals surface area (Å²) >= 11 is 0. The third-order valence-corrected chi connectivity index (χ3v) is 5.67. The summed E-state index contributed by atoms with van der Waals surface area (Å²) in [5.41, 5.74) is 0.495. The largest absolute Gasteiger partial charge is 0.458 e. The van der Waals surface area contributed by atoms with Gasteiger partial charge in [-0.3, -0.25) is 0 Å². The molecule has 1 aromatic rings. The van der Waals surface area contributed by atoms with Gasteiger partial charge in [-0.2, -0.15) is 0 Å². The van der Waals surface area contributed by atoms with Crippen LogP contribution in [0.5, 0.6) is 0 Å². The van der Waals surface area contributed by atoms with Crippen LogP contribution in [0, 0.1) is 5.92 Å². The van der Waals surface area contributed by atoms with Gasteiger partial charge >= 0.3 is 5.97 Å². The van der Waals surface area contributed by atoms with Crippen LogP contribution in [-0.2, 0) is 14.2 Å². The molecule has 5 nitrogen and oxygen atoms in total. The quantitative estimate of drug-likeness (QED) is 0.580. The minimum absolute atomic E-state index is 0.303. The van der Waals surface area contributed by atoms with Gasteiger partial charge in [0.1, 0.15) is 12.2 Å². The zero-order valence-electron chi connectivity index (χ0n) is 16.0. The maximum Gasteiger partial charge on any atom is 0.338 e. The van der Waals surface area contributed by atoms with Gasteiger partial charge in [-0.1, -0.05) is 37.6 Å². The lowest BCUT2D eigenvalue weighted by Crippen LogP contribution is -2.42. The van der Waals surface area contributed by atoms with Gasteiger partial charge in [-0.05, 0) is 25.0 Å². The Bertz CT molecular complexity index is 623. The lowest BCUT2D eigenvalue weighted by Gasteiger charge is -2.34. The molecule has 1 saturated carbocycles. The summed E-state index contributed by atoms with van der Waals surface area (Å²) in [7, 11) is 0. The van der Waals surface area contributed by atoms with Gasteiger partial charge in [-0.25, -0.2) is 4.79 Å². The van der Waals surface area contributed by atoms with E-state index in [-0.39, 0.29) is 5.92 Å².